The molecule has 0 aromatic carbocycles. The van der Waals surface area contributed by atoms with Gasteiger partial charge in [0.05, 0.1) is 26.4 Å². The fourth-order valence-corrected chi connectivity index (χ4v) is 15.1. The Morgan fingerprint density at radius 3 is 0.642 bits per heavy atom. The van der Waals surface area contributed by atoms with Crippen molar-refractivity contribution < 1.29 is 80.2 Å². The Balaban J connectivity index is 5.24. The summed E-state index contributed by atoms with van der Waals surface area (Å²) < 4.78 is 68.9. The van der Waals surface area contributed by atoms with Crippen LogP contribution >= 0.6 is 15.6 Å². The maximum absolute atomic E-state index is 13.2. The van der Waals surface area contributed by atoms with Gasteiger partial charge in [0.2, 0.25) is 0 Å². The lowest BCUT2D eigenvalue weighted by molar-refractivity contribution is -0.161. The molecule has 0 bridgehead atoms. The molecule has 0 amide bonds. The monoisotopic (exact) mass is 1550 g/mol. The van der Waals surface area contributed by atoms with Crippen LogP contribution in [-0.4, -0.2) is 96.7 Å². The third-order valence-electron chi connectivity index (χ3n) is 20.4. The van der Waals surface area contributed by atoms with Crippen LogP contribution in [0, 0.1) is 17.8 Å². The molecule has 19 heteroatoms. The van der Waals surface area contributed by atoms with Gasteiger partial charge in [-0.15, -0.1) is 0 Å². The summed E-state index contributed by atoms with van der Waals surface area (Å²) in [6, 6.07) is 0. The normalized spacial score (nSPS) is 13.9. The number of unbranched alkanes of at least 4 members (excludes halogenated alkanes) is 53. The van der Waals surface area contributed by atoms with E-state index in [9.17, 15) is 43.2 Å². The second-order valence-electron chi connectivity index (χ2n) is 32.7. The summed E-state index contributed by atoms with van der Waals surface area (Å²) in [6.07, 6.45) is 68.0. The molecule has 0 aromatic rings. The molecule has 0 saturated carbocycles. The molecule has 106 heavy (non-hydrogen) atoms. The molecular formula is C87H170O17P2. The van der Waals surface area contributed by atoms with Crippen LogP contribution in [0.2, 0.25) is 0 Å². The first kappa shape index (κ1) is 104. The molecule has 0 fully saturated rings. The minimum absolute atomic E-state index is 0.107. The molecule has 0 aliphatic carbocycles. The molecule has 0 radical (unpaired) electrons. The first-order valence-electron chi connectivity index (χ1n) is 44.8. The average Bonchev–Trinajstić information content (AvgIpc) is 0.905. The van der Waals surface area contributed by atoms with E-state index in [1.807, 2.05) is 0 Å². The van der Waals surface area contributed by atoms with Crippen LogP contribution < -0.4 is 0 Å². The minimum atomic E-state index is -4.97. The third kappa shape index (κ3) is 80.1. The summed E-state index contributed by atoms with van der Waals surface area (Å²) in [6.45, 7) is 12.1. The van der Waals surface area contributed by atoms with E-state index in [-0.39, 0.29) is 25.7 Å². The molecular weight excluding hydrogens is 1380 g/mol. The number of hydrogen-bond donors (Lipinski definition) is 3. The number of carbonyl (C=O) groups is 4. The second-order valence-corrected chi connectivity index (χ2v) is 35.6. The van der Waals surface area contributed by atoms with Crippen molar-refractivity contribution in [3.63, 3.8) is 0 Å². The highest BCUT2D eigenvalue weighted by atomic mass is 31.2. The van der Waals surface area contributed by atoms with E-state index in [4.69, 9.17) is 37.0 Å². The summed E-state index contributed by atoms with van der Waals surface area (Å²) in [5.41, 5.74) is 0. The fraction of sp³-hybridized carbons (Fsp3) is 0.954. The number of aliphatic hydroxyl groups excluding tert-OH is 1. The van der Waals surface area contributed by atoms with Gasteiger partial charge in [0.25, 0.3) is 0 Å². The Morgan fingerprint density at radius 1 is 0.255 bits per heavy atom. The highest BCUT2D eigenvalue weighted by molar-refractivity contribution is 7.47. The predicted molar refractivity (Wildman–Crippen MR) is 437 cm³/mol. The van der Waals surface area contributed by atoms with Crippen LogP contribution in [0.3, 0.4) is 0 Å². The van der Waals surface area contributed by atoms with Gasteiger partial charge in [-0.25, -0.2) is 9.13 Å². The van der Waals surface area contributed by atoms with E-state index in [2.05, 4.69) is 48.5 Å². The topological polar surface area (TPSA) is 237 Å². The van der Waals surface area contributed by atoms with Gasteiger partial charge in [-0.05, 0) is 43.4 Å². The van der Waals surface area contributed by atoms with Gasteiger partial charge in [-0.2, -0.15) is 0 Å². The quantitative estimate of drug-likeness (QED) is 0.0222. The Morgan fingerprint density at radius 2 is 0.434 bits per heavy atom. The Kier molecular flexibility index (Phi) is 75.6. The summed E-state index contributed by atoms with van der Waals surface area (Å²) >= 11 is 0. The standard InChI is InChI=1S/C87H170O17P2/c1-8-9-10-11-12-13-30-40-47-54-61-68-84(89)97-74-82(104-87(92)71-64-57-50-43-36-29-28-33-39-46-53-60-67-80(6)7)76-101-105(93,94)99-72-81(88)73-100-106(95,96)102-77-83(75-98-85(90)69-62-55-48-41-34-26-22-19-18-21-25-32-38-45-52-59-66-79(4)5)103-86(91)70-63-56-49-42-35-27-23-17-15-14-16-20-24-31-37-44-51-58-65-78(2)3/h78-83,88H,8-77H2,1-7H3,(H,93,94)(H,95,96)/t81-,82+,83+/m0/s1. The van der Waals surface area contributed by atoms with Gasteiger partial charge >= 0.3 is 39.5 Å². The predicted octanol–water partition coefficient (Wildman–Crippen LogP) is 26.5. The van der Waals surface area contributed by atoms with Crippen molar-refractivity contribution >= 4 is 39.5 Å². The molecule has 0 aliphatic heterocycles. The summed E-state index contributed by atoms with van der Waals surface area (Å²) in [7, 11) is -9.93. The molecule has 0 aromatic heterocycles. The van der Waals surface area contributed by atoms with Crippen molar-refractivity contribution in [3.8, 4) is 0 Å². The van der Waals surface area contributed by atoms with Crippen LogP contribution in [0.5, 0.6) is 0 Å². The maximum Gasteiger partial charge on any atom is 0.472 e. The lowest BCUT2D eigenvalue weighted by atomic mass is 10.0. The van der Waals surface area contributed by atoms with Crippen molar-refractivity contribution in [2.75, 3.05) is 39.6 Å². The molecule has 0 saturated heterocycles. The highest BCUT2D eigenvalue weighted by Crippen LogP contribution is 2.45. The van der Waals surface area contributed by atoms with Crippen molar-refractivity contribution in [2.45, 2.75) is 478 Å². The number of phosphoric acid groups is 2. The summed E-state index contributed by atoms with van der Waals surface area (Å²) in [5.74, 6) is 0.308. The van der Waals surface area contributed by atoms with Crippen molar-refractivity contribution in [1.82, 2.24) is 0 Å². The highest BCUT2D eigenvalue weighted by Gasteiger charge is 2.30. The zero-order chi connectivity index (χ0) is 77.9. The van der Waals surface area contributed by atoms with Gasteiger partial charge in [-0.1, -0.05) is 408 Å². The molecule has 17 nitrogen and oxygen atoms in total. The van der Waals surface area contributed by atoms with Gasteiger partial charge in [0.1, 0.15) is 19.3 Å². The summed E-state index contributed by atoms with van der Waals surface area (Å²) in [4.78, 5) is 73.3. The van der Waals surface area contributed by atoms with Gasteiger partial charge in [0.15, 0.2) is 12.2 Å². The number of hydrogen-bond acceptors (Lipinski definition) is 15. The van der Waals surface area contributed by atoms with Crippen molar-refractivity contribution in [2.24, 2.45) is 17.8 Å². The van der Waals surface area contributed by atoms with Crippen molar-refractivity contribution in [1.29, 1.82) is 0 Å². The van der Waals surface area contributed by atoms with Crippen LogP contribution in [-0.2, 0) is 65.4 Å². The van der Waals surface area contributed by atoms with E-state index in [1.165, 1.54) is 270 Å². The smallest absolute Gasteiger partial charge is 0.462 e. The van der Waals surface area contributed by atoms with E-state index in [0.717, 1.165) is 108 Å². The Labute approximate surface area is 651 Å². The zero-order valence-corrected chi connectivity index (χ0v) is 71.7. The molecule has 0 rings (SSSR count). The van der Waals surface area contributed by atoms with E-state index in [0.29, 0.717) is 25.7 Å². The minimum Gasteiger partial charge on any atom is -0.462 e. The average molecular weight is 1550 g/mol. The zero-order valence-electron chi connectivity index (χ0n) is 69.9. The van der Waals surface area contributed by atoms with Gasteiger partial charge in [-0.3, -0.25) is 37.3 Å². The number of aliphatic hydroxyl groups is 1. The maximum atomic E-state index is 13.2. The van der Waals surface area contributed by atoms with E-state index in [1.54, 1.807) is 0 Å². The number of esters is 4. The summed E-state index contributed by atoms with van der Waals surface area (Å²) in [5, 5.41) is 10.7. The number of phosphoric ester groups is 2. The van der Waals surface area contributed by atoms with Gasteiger partial charge in [0, 0.05) is 25.7 Å². The molecule has 5 atom stereocenters. The SMILES string of the molecule is CCCCCCCCCCCCCC(=O)OC[C@H](COP(=O)(O)OC[C@H](O)COP(=O)(O)OC[C@@H](COC(=O)CCCCCCCCCCCCCCCCCCC(C)C)OC(=O)CCCCCCCCCCCCCCCCCCCCC(C)C)OC(=O)CCCCCCCCCCCCCCC(C)C. The molecule has 3 N–H and O–H groups in total. The van der Waals surface area contributed by atoms with E-state index >= 15 is 0 Å². The molecule has 2 unspecified atom stereocenters. The first-order valence-corrected chi connectivity index (χ1v) is 47.8. The Hall–Kier alpha value is -1.94. The van der Waals surface area contributed by atoms with Gasteiger partial charge < -0.3 is 33.8 Å². The lowest BCUT2D eigenvalue weighted by Gasteiger charge is -2.21. The second kappa shape index (κ2) is 77.0. The molecule has 0 aliphatic rings. The van der Waals surface area contributed by atoms with Crippen LogP contribution in [0.1, 0.15) is 459 Å². The van der Waals surface area contributed by atoms with Crippen LogP contribution in [0.15, 0.2) is 0 Å². The number of ether oxygens (including phenoxy) is 4. The fourth-order valence-electron chi connectivity index (χ4n) is 13.5. The Bertz CT molecular complexity index is 2040. The number of rotatable bonds is 85. The largest absolute Gasteiger partial charge is 0.472 e. The van der Waals surface area contributed by atoms with Crippen molar-refractivity contribution in [3.05, 3.63) is 0 Å². The molecule has 630 valence electrons. The lowest BCUT2D eigenvalue weighted by Crippen LogP contribution is -2.30. The third-order valence-corrected chi connectivity index (χ3v) is 22.3. The molecule has 0 spiro atoms. The van der Waals surface area contributed by atoms with E-state index < -0.39 is 97.5 Å². The molecule has 0 heterocycles. The van der Waals surface area contributed by atoms with Crippen LogP contribution in [0.25, 0.3) is 0 Å². The van der Waals surface area contributed by atoms with Crippen LogP contribution in [0.4, 0.5) is 0 Å². The first-order chi connectivity index (χ1) is 51.2. The number of carbonyl (C=O) groups excluding carboxylic acids is 4.